The summed E-state index contributed by atoms with van der Waals surface area (Å²) in [6.07, 6.45) is 0.968. The number of H-pyrrole nitrogens is 2. The van der Waals surface area contributed by atoms with Crippen molar-refractivity contribution >= 4 is 44.2 Å². The second-order valence-electron chi connectivity index (χ2n) is 5.46. The number of nitrogens with one attached hydrogen (secondary N) is 3. The molecule has 0 radical (unpaired) electrons. The molecule has 0 atom stereocenters. The molecule has 0 saturated carbocycles. The van der Waals surface area contributed by atoms with Crippen molar-refractivity contribution in [2.24, 2.45) is 0 Å². The maximum atomic E-state index is 12.1. The van der Waals surface area contributed by atoms with Gasteiger partial charge in [-0.3, -0.25) is 4.79 Å². The van der Waals surface area contributed by atoms with Crippen LogP contribution >= 0.6 is 11.3 Å². The highest BCUT2D eigenvalue weighted by molar-refractivity contribution is 7.18. The van der Waals surface area contributed by atoms with Crippen molar-refractivity contribution in [3.8, 4) is 0 Å². The van der Waals surface area contributed by atoms with E-state index in [2.05, 4.69) is 20.3 Å². The molecule has 2 aromatic heterocycles. The van der Waals surface area contributed by atoms with Crippen LogP contribution in [0.5, 0.6) is 0 Å². The average Bonchev–Trinajstić information content (AvgIpc) is 3.14. The van der Waals surface area contributed by atoms with Gasteiger partial charge >= 0.3 is 5.69 Å². The van der Waals surface area contributed by atoms with Gasteiger partial charge in [0.25, 0.3) is 0 Å². The minimum absolute atomic E-state index is 0.0773. The van der Waals surface area contributed by atoms with Crippen molar-refractivity contribution in [2.75, 3.05) is 5.32 Å². The summed E-state index contributed by atoms with van der Waals surface area (Å²) in [5.41, 5.74) is 2.76. The van der Waals surface area contributed by atoms with Gasteiger partial charge in [0.2, 0.25) is 5.91 Å². The zero-order valence-corrected chi connectivity index (χ0v) is 13.4. The summed E-state index contributed by atoms with van der Waals surface area (Å²) in [5.74, 6) is -0.0773. The smallest absolute Gasteiger partial charge is 0.323 e. The van der Waals surface area contributed by atoms with Crippen molar-refractivity contribution in [3.63, 3.8) is 0 Å². The van der Waals surface area contributed by atoms with Crippen molar-refractivity contribution < 1.29 is 4.79 Å². The first kappa shape index (κ1) is 14.6. The second-order valence-corrected chi connectivity index (χ2v) is 6.58. The van der Waals surface area contributed by atoms with E-state index in [0.29, 0.717) is 29.6 Å². The van der Waals surface area contributed by atoms with Crippen LogP contribution in [0.3, 0.4) is 0 Å². The normalized spacial score (nSPS) is 11.2. The topological polar surface area (TPSA) is 90.6 Å². The molecular weight excluding hydrogens is 324 g/mol. The lowest BCUT2D eigenvalue weighted by Crippen LogP contribution is -2.12. The van der Waals surface area contributed by atoms with Gasteiger partial charge in [-0.1, -0.05) is 12.1 Å². The number of hydrogen-bond acceptors (Lipinski definition) is 4. The third-order valence-corrected chi connectivity index (χ3v) is 4.80. The summed E-state index contributed by atoms with van der Waals surface area (Å²) in [6, 6.07) is 13.2. The zero-order chi connectivity index (χ0) is 16.5. The van der Waals surface area contributed by atoms with Crippen LogP contribution < -0.4 is 11.0 Å². The van der Waals surface area contributed by atoms with Gasteiger partial charge in [0.05, 0.1) is 26.3 Å². The molecule has 0 saturated heterocycles. The van der Waals surface area contributed by atoms with Crippen LogP contribution in [0.2, 0.25) is 0 Å². The molecule has 7 heteroatoms. The number of carbonyl (C=O) groups excluding carboxylic acids is 1. The van der Waals surface area contributed by atoms with Crippen LogP contribution in [0.4, 0.5) is 5.69 Å². The minimum atomic E-state index is -0.260. The van der Waals surface area contributed by atoms with Crippen molar-refractivity contribution in [1.29, 1.82) is 0 Å². The number of nitrogens with zero attached hydrogens (tertiary/aromatic N) is 1. The number of aryl methyl sites for hydroxylation is 1. The van der Waals surface area contributed by atoms with Crippen LogP contribution in [0.15, 0.2) is 47.3 Å². The van der Waals surface area contributed by atoms with Gasteiger partial charge in [-0.15, -0.1) is 11.3 Å². The Bertz CT molecular complexity index is 1060. The number of hydrogen-bond donors (Lipinski definition) is 3. The standard InChI is InChI=1S/C17H14N4O2S/c22-15(7-8-16-19-12-3-1-2-4-14(12)24-16)18-10-5-6-11-13(9-10)21-17(23)20-11/h1-6,9H,7-8H2,(H,18,22)(H2,20,21,23). The lowest BCUT2D eigenvalue weighted by Gasteiger charge is -2.04. The number of fused-ring (bicyclic) bond motifs is 2. The number of para-hydroxylation sites is 1. The van der Waals surface area contributed by atoms with Gasteiger partial charge in [-0.2, -0.15) is 0 Å². The molecular formula is C17H14N4O2S. The van der Waals surface area contributed by atoms with Crippen LogP contribution in [0.25, 0.3) is 21.3 Å². The predicted molar refractivity (Wildman–Crippen MR) is 95.5 cm³/mol. The average molecular weight is 338 g/mol. The number of amides is 1. The van der Waals surface area contributed by atoms with E-state index >= 15 is 0 Å². The summed E-state index contributed by atoms with van der Waals surface area (Å²) in [7, 11) is 0. The summed E-state index contributed by atoms with van der Waals surface area (Å²) >= 11 is 1.62. The first-order chi connectivity index (χ1) is 11.7. The van der Waals surface area contributed by atoms with Gasteiger partial charge in [-0.25, -0.2) is 9.78 Å². The molecule has 0 unspecified atom stereocenters. The van der Waals surface area contributed by atoms with Crippen molar-refractivity contribution in [1.82, 2.24) is 15.0 Å². The number of imidazole rings is 1. The van der Waals surface area contributed by atoms with Crippen molar-refractivity contribution in [3.05, 3.63) is 58.0 Å². The van der Waals surface area contributed by atoms with E-state index in [0.717, 1.165) is 15.2 Å². The van der Waals surface area contributed by atoms with E-state index in [-0.39, 0.29) is 11.6 Å². The molecule has 4 aromatic rings. The highest BCUT2D eigenvalue weighted by Gasteiger charge is 2.08. The maximum Gasteiger partial charge on any atom is 0.323 e. The van der Waals surface area contributed by atoms with E-state index in [1.807, 2.05) is 24.3 Å². The molecule has 3 N–H and O–H groups in total. The molecule has 6 nitrogen and oxygen atoms in total. The minimum Gasteiger partial charge on any atom is -0.326 e. The fraction of sp³-hybridized carbons (Fsp3) is 0.118. The van der Waals surface area contributed by atoms with E-state index in [1.165, 1.54) is 0 Å². The molecule has 0 aliphatic rings. The van der Waals surface area contributed by atoms with E-state index < -0.39 is 0 Å². The summed E-state index contributed by atoms with van der Waals surface area (Å²) in [6.45, 7) is 0. The Kier molecular flexibility index (Phi) is 3.62. The van der Waals surface area contributed by atoms with E-state index in [4.69, 9.17) is 0 Å². The fourth-order valence-electron chi connectivity index (χ4n) is 2.58. The van der Waals surface area contributed by atoms with Gasteiger partial charge < -0.3 is 15.3 Å². The maximum absolute atomic E-state index is 12.1. The summed E-state index contributed by atoms with van der Waals surface area (Å²) in [4.78, 5) is 33.3. The second kappa shape index (κ2) is 5.93. The number of carbonyl (C=O) groups is 1. The molecule has 2 heterocycles. The van der Waals surface area contributed by atoms with E-state index in [1.54, 1.807) is 29.5 Å². The lowest BCUT2D eigenvalue weighted by molar-refractivity contribution is -0.116. The van der Waals surface area contributed by atoms with Crippen LogP contribution in [0.1, 0.15) is 11.4 Å². The summed E-state index contributed by atoms with van der Waals surface area (Å²) < 4.78 is 1.13. The molecule has 0 aliphatic carbocycles. The number of aromatic amines is 2. The van der Waals surface area contributed by atoms with Crippen LogP contribution in [-0.4, -0.2) is 20.9 Å². The quantitative estimate of drug-likeness (QED) is 0.534. The Morgan fingerprint density at radius 1 is 1.12 bits per heavy atom. The Morgan fingerprint density at radius 3 is 2.83 bits per heavy atom. The molecule has 0 spiro atoms. The lowest BCUT2D eigenvalue weighted by atomic mass is 10.2. The van der Waals surface area contributed by atoms with E-state index in [9.17, 15) is 9.59 Å². The number of anilines is 1. The van der Waals surface area contributed by atoms with Gasteiger partial charge in [-0.05, 0) is 30.3 Å². The zero-order valence-electron chi connectivity index (χ0n) is 12.6. The molecule has 4 rings (SSSR count). The molecule has 120 valence electrons. The van der Waals surface area contributed by atoms with Gasteiger partial charge in [0.1, 0.15) is 0 Å². The summed E-state index contributed by atoms with van der Waals surface area (Å²) in [5, 5.41) is 3.80. The highest BCUT2D eigenvalue weighted by Crippen LogP contribution is 2.22. The third-order valence-electron chi connectivity index (χ3n) is 3.70. The number of benzene rings is 2. The van der Waals surface area contributed by atoms with Gasteiger partial charge in [0, 0.05) is 18.5 Å². The molecule has 2 aromatic carbocycles. The Labute approximate surface area is 140 Å². The van der Waals surface area contributed by atoms with Crippen molar-refractivity contribution in [2.45, 2.75) is 12.8 Å². The first-order valence-corrected chi connectivity index (χ1v) is 8.35. The molecule has 0 bridgehead atoms. The molecule has 0 aliphatic heterocycles. The SMILES string of the molecule is O=C(CCc1nc2ccccc2s1)Nc1ccc2[nH]c(=O)[nH]c2c1. The molecule has 24 heavy (non-hydrogen) atoms. The van der Waals surface area contributed by atoms with Crippen LogP contribution in [0, 0.1) is 0 Å². The number of thiazole rings is 1. The Morgan fingerprint density at radius 2 is 1.96 bits per heavy atom. The van der Waals surface area contributed by atoms with Crippen LogP contribution in [-0.2, 0) is 11.2 Å². The molecule has 0 fully saturated rings. The highest BCUT2D eigenvalue weighted by atomic mass is 32.1. The van der Waals surface area contributed by atoms with Gasteiger partial charge in [0.15, 0.2) is 0 Å². The Balaban J connectivity index is 1.42. The fourth-order valence-corrected chi connectivity index (χ4v) is 3.55. The Hall–Kier alpha value is -2.93. The number of rotatable bonds is 4. The third kappa shape index (κ3) is 2.93. The first-order valence-electron chi connectivity index (χ1n) is 7.54. The largest absolute Gasteiger partial charge is 0.326 e. The monoisotopic (exact) mass is 338 g/mol. The number of aromatic nitrogens is 3. The molecule has 1 amide bonds. The predicted octanol–water partition coefficient (Wildman–Crippen LogP) is 3.04.